The zero-order valence-electron chi connectivity index (χ0n) is 11.4. The summed E-state index contributed by atoms with van der Waals surface area (Å²) in [5, 5.41) is 0. The van der Waals surface area contributed by atoms with Gasteiger partial charge in [-0.3, -0.25) is 4.79 Å². The standard InChI is InChI=1S/C13H23N3O/c1-6-11-14-12(7-13(17)15-11)16(10(4)5)8-9(2)3/h7,9-10H,6,8H2,1-5H3,(H,14,15,17). The quantitative estimate of drug-likeness (QED) is 0.854. The van der Waals surface area contributed by atoms with Gasteiger partial charge >= 0.3 is 0 Å². The van der Waals surface area contributed by atoms with E-state index in [1.54, 1.807) is 6.07 Å². The van der Waals surface area contributed by atoms with Crippen molar-refractivity contribution in [2.75, 3.05) is 11.4 Å². The number of aromatic nitrogens is 2. The minimum absolute atomic E-state index is 0.0683. The summed E-state index contributed by atoms with van der Waals surface area (Å²) in [5.74, 6) is 2.08. The maximum atomic E-state index is 11.6. The number of hydrogen-bond donors (Lipinski definition) is 1. The van der Waals surface area contributed by atoms with Crippen molar-refractivity contribution in [2.24, 2.45) is 5.92 Å². The van der Waals surface area contributed by atoms with E-state index >= 15 is 0 Å². The van der Waals surface area contributed by atoms with Crippen molar-refractivity contribution >= 4 is 5.82 Å². The molecule has 1 rings (SSSR count). The van der Waals surface area contributed by atoms with E-state index in [0.717, 1.165) is 24.6 Å². The Morgan fingerprint density at radius 1 is 1.35 bits per heavy atom. The van der Waals surface area contributed by atoms with Gasteiger partial charge in [0.1, 0.15) is 11.6 Å². The van der Waals surface area contributed by atoms with E-state index in [1.165, 1.54) is 0 Å². The normalized spacial score (nSPS) is 11.2. The lowest BCUT2D eigenvalue weighted by atomic mass is 10.2. The molecule has 0 amide bonds. The molecule has 0 spiro atoms. The van der Waals surface area contributed by atoms with Crippen LogP contribution in [0.3, 0.4) is 0 Å². The lowest BCUT2D eigenvalue weighted by molar-refractivity contribution is 0.564. The first-order valence-corrected chi connectivity index (χ1v) is 6.31. The van der Waals surface area contributed by atoms with Crippen molar-refractivity contribution < 1.29 is 0 Å². The summed E-state index contributed by atoms with van der Waals surface area (Å²) in [4.78, 5) is 21.0. The van der Waals surface area contributed by atoms with Crippen LogP contribution in [0.1, 0.15) is 40.4 Å². The molecule has 96 valence electrons. The van der Waals surface area contributed by atoms with Crippen molar-refractivity contribution in [3.63, 3.8) is 0 Å². The Morgan fingerprint density at radius 3 is 2.47 bits per heavy atom. The van der Waals surface area contributed by atoms with Gasteiger partial charge in [0.05, 0.1) is 0 Å². The van der Waals surface area contributed by atoms with Crippen LogP contribution in [0.2, 0.25) is 0 Å². The lowest BCUT2D eigenvalue weighted by Crippen LogP contribution is -2.36. The molecule has 17 heavy (non-hydrogen) atoms. The second kappa shape index (κ2) is 5.84. The highest BCUT2D eigenvalue weighted by atomic mass is 16.1. The molecule has 0 fully saturated rings. The number of nitrogens with one attached hydrogen (secondary N) is 1. The van der Waals surface area contributed by atoms with Gasteiger partial charge in [-0.2, -0.15) is 0 Å². The molecule has 0 radical (unpaired) electrons. The number of rotatable bonds is 5. The average Bonchev–Trinajstić information content (AvgIpc) is 2.24. The molecule has 0 aromatic carbocycles. The Bertz CT molecular complexity index is 409. The van der Waals surface area contributed by atoms with Crippen LogP contribution in [0.4, 0.5) is 5.82 Å². The number of anilines is 1. The van der Waals surface area contributed by atoms with Crippen molar-refractivity contribution in [3.05, 3.63) is 22.2 Å². The molecular weight excluding hydrogens is 214 g/mol. The van der Waals surface area contributed by atoms with Gasteiger partial charge in [-0.15, -0.1) is 0 Å². The molecule has 0 saturated carbocycles. The van der Waals surface area contributed by atoms with Gasteiger partial charge in [0.25, 0.3) is 5.56 Å². The molecule has 0 bridgehead atoms. The first-order valence-electron chi connectivity index (χ1n) is 6.31. The monoisotopic (exact) mass is 237 g/mol. The molecule has 1 heterocycles. The number of aromatic amines is 1. The number of hydrogen-bond acceptors (Lipinski definition) is 3. The van der Waals surface area contributed by atoms with Gasteiger partial charge in [-0.05, 0) is 19.8 Å². The summed E-state index contributed by atoms with van der Waals surface area (Å²) < 4.78 is 0. The number of aryl methyl sites for hydroxylation is 1. The van der Waals surface area contributed by atoms with E-state index in [-0.39, 0.29) is 5.56 Å². The highest BCUT2D eigenvalue weighted by Crippen LogP contribution is 2.14. The molecule has 0 aliphatic rings. The Balaban J connectivity index is 3.09. The molecule has 0 aliphatic heterocycles. The molecule has 0 aliphatic carbocycles. The van der Waals surface area contributed by atoms with E-state index in [4.69, 9.17) is 0 Å². The van der Waals surface area contributed by atoms with Crippen molar-refractivity contribution in [3.8, 4) is 0 Å². The maximum absolute atomic E-state index is 11.6. The molecule has 0 unspecified atom stereocenters. The van der Waals surface area contributed by atoms with Crippen LogP contribution in [0.5, 0.6) is 0 Å². The molecule has 0 saturated heterocycles. The van der Waals surface area contributed by atoms with E-state index in [1.807, 2.05) is 6.92 Å². The third-order valence-electron chi connectivity index (χ3n) is 2.59. The fourth-order valence-corrected chi connectivity index (χ4v) is 1.77. The van der Waals surface area contributed by atoms with Crippen LogP contribution < -0.4 is 10.5 Å². The third-order valence-corrected chi connectivity index (χ3v) is 2.59. The van der Waals surface area contributed by atoms with Crippen molar-refractivity contribution in [1.29, 1.82) is 0 Å². The highest BCUT2D eigenvalue weighted by molar-refractivity contribution is 5.38. The predicted molar refractivity (Wildman–Crippen MR) is 71.6 cm³/mol. The largest absolute Gasteiger partial charge is 0.354 e. The van der Waals surface area contributed by atoms with Crippen LogP contribution in [0.15, 0.2) is 10.9 Å². The van der Waals surface area contributed by atoms with Gasteiger partial charge in [0.15, 0.2) is 0 Å². The smallest absolute Gasteiger partial charge is 0.252 e. The van der Waals surface area contributed by atoms with Gasteiger partial charge in [-0.1, -0.05) is 20.8 Å². The summed E-state index contributed by atoms with van der Waals surface area (Å²) in [6, 6.07) is 1.93. The van der Waals surface area contributed by atoms with Gasteiger partial charge in [0, 0.05) is 25.1 Å². The third kappa shape index (κ3) is 3.88. The summed E-state index contributed by atoms with van der Waals surface area (Å²) in [5.41, 5.74) is -0.0683. The predicted octanol–water partition coefficient (Wildman–Crippen LogP) is 2.20. The topological polar surface area (TPSA) is 49.0 Å². The lowest BCUT2D eigenvalue weighted by Gasteiger charge is -2.29. The Hall–Kier alpha value is -1.32. The molecule has 4 nitrogen and oxygen atoms in total. The second-order valence-electron chi connectivity index (χ2n) is 5.04. The van der Waals surface area contributed by atoms with Crippen LogP contribution in [0, 0.1) is 5.92 Å². The Morgan fingerprint density at radius 2 is 2.00 bits per heavy atom. The molecule has 4 heteroatoms. The Labute approximate surface area is 103 Å². The van der Waals surface area contributed by atoms with E-state index < -0.39 is 0 Å². The zero-order valence-corrected chi connectivity index (χ0v) is 11.4. The van der Waals surface area contributed by atoms with E-state index in [9.17, 15) is 4.79 Å². The zero-order chi connectivity index (χ0) is 13.0. The van der Waals surface area contributed by atoms with Crippen LogP contribution >= 0.6 is 0 Å². The molecule has 1 aromatic heterocycles. The van der Waals surface area contributed by atoms with Crippen molar-refractivity contribution in [1.82, 2.24) is 9.97 Å². The summed E-state index contributed by atoms with van der Waals surface area (Å²) in [6.45, 7) is 11.5. The minimum Gasteiger partial charge on any atom is -0.354 e. The van der Waals surface area contributed by atoms with Crippen LogP contribution in [-0.2, 0) is 6.42 Å². The summed E-state index contributed by atoms with van der Waals surface area (Å²) in [6.07, 6.45) is 0.747. The second-order valence-corrected chi connectivity index (χ2v) is 5.04. The SMILES string of the molecule is CCc1nc(N(CC(C)C)C(C)C)cc(=O)[nH]1. The minimum atomic E-state index is -0.0683. The molecular formula is C13H23N3O. The first kappa shape index (κ1) is 13.7. The van der Waals surface area contributed by atoms with Crippen LogP contribution in [-0.4, -0.2) is 22.6 Å². The van der Waals surface area contributed by atoms with Gasteiger partial charge < -0.3 is 9.88 Å². The molecule has 0 atom stereocenters. The maximum Gasteiger partial charge on any atom is 0.252 e. The molecule has 1 aromatic rings. The van der Waals surface area contributed by atoms with Gasteiger partial charge in [0.2, 0.25) is 0 Å². The summed E-state index contributed by atoms with van der Waals surface area (Å²) >= 11 is 0. The van der Waals surface area contributed by atoms with E-state index in [2.05, 4.69) is 42.6 Å². The number of H-pyrrole nitrogens is 1. The Kier molecular flexibility index (Phi) is 4.73. The summed E-state index contributed by atoms with van der Waals surface area (Å²) in [7, 11) is 0. The molecule has 1 N–H and O–H groups in total. The highest BCUT2D eigenvalue weighted by Gasteiger charge is 2.14. The fourth-order valence-electron chi connectivity index (χ4n) is 1.77. The van der Waals surface area contributed by atoms with E-state index in [0.29, 0.717) is 12.0 Å². The average molecular weight is 237 g/mol. The van der Waals surface area contributed by atoms with Crippen molar-refractivity contribution in [2.45, 2.75) is 47.1 Å². The van der Waals surface area contributed by atoms with Gasteiger partial charge in [-0.25, -0.2) is 4.98 Å². The van der Waals surface area contributed by atoms with Crippen LogP contribution in [0.25, 0.3) is 0 Å². The first-order chi connectivity index (χ1) is 7.93. The number of nitrogens with zero attached hydrogens (tertiary/aromatic N) is 2. The fraction of sp³-hybridized carbons (Fsp3) is 0.692.